The molecule has 0 fully saturated rings. The Labute approximate surface area is 253 Å². The fourth-order valence-corrected chi connectivity index (χ4v) is 4.30. The number of anilines is 3. The normalized spacial score (nSPS) is 15.3. The minimum atomic E-state index is -4.58. The van der Waals surface area contributed by atoms with Crippen molar-refractivity contribution >= 4 is 29.4 Å². The molecular formula is C30H36F3N7O4. The number of hydrogen-bond donors (Lipinski definition) is 3. The Bertz CT molecular complexity index is 1390. The molecular weight excluding hydrogens is 579 g/mol. The topological polar surface area (TPSA) is 131 Å². The van der Waals surface area contributed by atoms with Gasteiger partial charge >= 0.3 is 12.2 Å². The summed E-state index contributed by atoms with van der Waals surface area (Å²) in [5, 5.41) is 8.80. The predicted molar refractivity (Wildman–Crippen MR) is 158 cm³/mol. The van der Waals surface area contributed by atoms with Crippen molar-refractivity contribution in [1.82, 2.24) is 25.2 Å². The first-order chi connectivity index (χ1) is 21.1. The second-order valence-corrected chi connectivity index (χ2v) is 10.5. The van der Waals surface area contributed by atoms with Crippen LogP contribution in [0.2, 0.25) is 0 Å². The molecule has 6 rings (SSSR count). The number of fused-ring (bicyclic) bond motifs is 2. The van der Waals surface area contributed by atoms with Gasteiger partial charge in [-0.2, -0.15) is 28.1 Å². The van der Waals surface area contributed by atoms with Crippen molar-refractivity contribution < 1.29 is 32.2 Å². The summed E-state index contributed by atoms with van der Waals surface area (Å²) in [7, 11) is 0. The lowest BCUT2D eigenvalue weighted by Crippen LogP contribution is -2.38. The van der Waals surface area contributed by atoms with Gasteiger partial charge in [-0.05, 0) is 61.2 Å². The first kappa shape index (κ1) is 32.3. The molecule has 1 aromatic heterocycles. The van der Waals surface area contributed by atoms with Crippen LogP contribution in [0.4, 0.5) is 30.8 Å². The summed E-state index contributed by atoms with van der Waals surface area (Å²) in [4.78, 5) is 39.4. The van der Waals surface area contributed by atoms with Crippen LogP contribution in [-0.2, 0) is 11.3 Å². The van der Waals surface area contributed by atoms with Gasteiger partial charge in [-0.1, -0.05) is 26.0 Å². The summed E-state index contributed by atoms with van der Waals surface area (Å²) < 4.78 is 49.0. The summed E-state index contributed by atoms with van der Waals surface area (Å²) in [5.74, 6) is 0.274. The minimum absolute atomic E-state index is 0.00330. The number of ether oxygens (including phenoxy) is 2. The van der Waals surface area contributed by atoms with Gasteiger partial charge in [0.1, 0.15) is 12.4 Å². The number of carbonyl (C=O) groups is 2. The van der Waals surface area contributed by atoms with Crippen LogP contribution >= 0.6 is 0 Å². The zero-order valence-corrected chi connectivity index (χ0v) is 24.6. The lowest BCUT2D eigenvalue weighted by Gasteiger charge is -2.24. The van der Waals surface area contributed by atoms with Crippen LogP contribution in [0.25, 0.3) is 0 Å². The highest BCUT2D eigenvalue weighted by atomic mass is 19.4. The minimum Gasteiger partial charge on any atom is -0.492 e. The van der Waals surface area contributed by atoms with E-state index in [1.54, 1.807) is 36.4 Å². The van der Waals surface area contributed by atoms with Crippen molar-refractivity contribution in [3.63, 3.8) is 0 Å². The molecule has 3 aromatic rings. The second kappa shape index (κ2) is 15.2. The predicted octanol–water partition coefficient (Wildman–Crippen LogP) is 4.95. The lowest BCUT2D eigenvalue weighted by molar-refractivity contribution is -0.154. The number of rotatable bonds is 3. The van der Waals surface area contributed by atoms with Crippen molar-refractivity contribution in [2.45, 2.75) is 45.8 Å². The van der Waals surface area contributed by atoms with Gasteiger partial charge in [0.05, 0.1) is 6.54 Å². The summed E-state index contributed by atoms with van der Waals surface area (Å²) in [6.07, 6.45) is -2.18. The number of halogens is 3. The van der Waals surface area contributed by atoms with Gasteiger partial charge in [0.15, 0.2) is 6.61 Å². The third-order valence-corrected chi connectivity index (χ3v) is 6.58. The van der Waals surface area contributed by atoms with Gasteiger partial charge in [0.2, 0.25) is 17.8 Å². The highest BCUT2D eigenvalue weighted by Crippen LogP contribution is 2.21. The third-order valence-electron chi connectivity index (χ3n) is 6.58. The Morgan fingerprint density at radius 1 is 0.955 bits per heavy atom. The zero-order valence-electron chi connectivity index (χ0n) is 24.6. The molecule has 3 aliphatic heterocycles. The monoisotopic (exact) mass is 615 g/mol. The highest BCUT2D eigenvalue weighted by molar-refractivity contribution is 5.94. The maximum absolute atomic E-state index is 12.8. The van der Waals surface area contributed by atoms with Crippen LogP contribution in [-0.4, -0.2) is 70.7 Å². The van der Waals surface area contributed by atoms with E-state index in [0.717, 1.165) is 24.8 Å². The van der Waals surface area contributed by atoms with Crippen LogP contribution in [0.3, 0.4) is 0 Å². The molecule has 0 unspecified atom stereocenters. The lowest BCUT2D eigenvalue weighted by atomic mass is 10.1. The summed E-state index contributed by atoms with van der Waals surface area (Å²) in [6, 6.07) is 13.2. The SMILES string of the molecule is CC(C)C(=O)N1CCCCCNC(=O)c2ccc(cc2)Nc2nc(nc(OCC(F)(F)F)n2)NCc2ccc(cc2)OCC1. The van der Waals surface area contributed by atoms with E-state index < -0.39 is 18.8 Å². The molecule has 11 nitrogen and oxygen atoms in total. The van der Waals surface area contributed by atoms with Crippen LogP contribution in [0, 0.1) is 5.92 Å². The fourth-order valence-electron chi connectivity index (χ4n) is 4.30. The fraction of sp³-hybridized carbons (Fsp3) is 0.433. The highest BCUT2D eigenvalue weighted by Gasteiger charge is 2.29. The molecule has 0 atom stereocenters. The van der Waals surface area contributed by atoms with E-state index in [4.69, 9.17) is 9.47 Å². The molecule has 0 radical (unpaired) electrons. The van der Waals surface area contributed by atoms with Crippen molar-refractivity contribution in [3.05, 3.63) is 59.7 Å². The van der Waals surface area contributed by atoms with Crippen molar-refractivity contribution in [1.29, 1.82) is 0 Å². The number of nitrogens with one attached hydrogen (secondary N) is 3. The number of aromatic nitrogens is 3. The average Bonchev–Trinajstić information content (AvgIpc) is 2.99. The van der Waals surface area contributed by atoms with Crippen LogP contribution in [0.15, 0.2) is 48.5 Å². The van der Waals surface area contributed by atoms with E-state index in [1.165, 1.54) is 0 Å². The molecule has 0 spiro atoms. The smallest absolute Gasteiger partial charge is 0.422 e. The molecule has 2 amide bonds. The van der Waals surface area contributed by atoms with Gasteiger partial charge < -0.3 is 30.3 Å². The number of benzene rings is 2. The quantitative estimate of drug-likeness (QED) is 0.375. The molecule has 0 saturated carbocycles. The Hall–Kier alpha value is -4.62. The maximum Gasteiger partial charge on any atom is 0.422 e. The van der Waals surface area contributed by atoms with E-state index in [1.807, 2.05) is 30.9 Å². The van der Waals surface area contributed by atoms with Gasteiger partial charge in [0.25, 0.3) is 5.91 Å². The van der Waals surface area contributed by atoms with Crippen molar-refractivity contribution in [2.24, 2.45) is 5.92 Å². The molecule has 6 bridgehead atoms. The Balaban J connectivity index is 1.53. The van der Waals surface area contributed by atoms with Crippen molar-refractivity contribution in [2.75, 3.05) is 43.5 Å². The number of hydrogen-bond acceptors (Lipinski definition) is 9. The molecule has 3 N–H and O–H groups in total. The summed E-state index contributed by atoms with van der Waals surface area (Å²) in [5.41, 5.74) is 1.77. The van der Waals surface area contributed by atoms with Crippen LogP contribution in [0.5, 0.6) is 11.8 Å². The largest absolute Gasteiger partial charge is 0.492 e. The molecule has 4 heterocycles. The first-order valence-corrected chi connectivity index (χ1v) is 14.4. The Morgan fingerprint density at radius 2 is 1.68 bits per heavy atom. The summed E-state index contributed by atoms with van der Waals surface area (Å²) >= 11 is 0. The maximum atomic E-state index is 12.8. The van der Waals surface area contributed by atoms with Gasteiger partial charge in [0, 0.05) is 36.8 Å². The molecule has 44 heavy (non-hydrogen) atoms. The Morgan fingerprint density at radius 3 is 2.39 bits per heavy atom. The van der Waals surface area contributed by atoms with Gasteiger partial charge in [-0.3, -0.25) is 9.59 Å². The first-order valence-electron chi connectivity index (χ1n) is 14.4. The second-order valence-electron chi connectivity index (χ2n) is 10.5. The van der Waals surface area contributed by atoms with Crippen LogP contribution in [0.1, 0.15) is 49.0 Å². The molecule has 14 heteroatoms. The molecule has 236 valence electrons. The number of carbonyl (C=O) groups excluding carboxylic acids is 2. The third kappa shape index (κ3) is 10.3. The average molecular weight is 616 g/mol. The van der Waals surface area contributed by atoms with E-state index in [2.05, 4.69) is 30.9 Å². The van der Waals surface area contributed by atoms with Gasteiger partial charge in [-0.15, -0.1) is 0 Å². The van der Waals surface area contributed by atoms with E-state index in [-0.39, 0.29) is 36.2 Å². The summed E-state index contributed by atoms with van der Waals surface area (Å²) in [6.45, 7) is 4.29. The van der Waals surface area contributed by atoms with Gasteiger partial charge in [-0.25, -0.2) is 0 Å². The van der Waals surface area contributed by atoms with E-state index >= 15 is 0 Å². The molecule has 3 aliphatic rings. The number of amides is 2. The molecule has 0 aliphatic carbocycles. The van der Waals surface area contributed by atoms with Crippen LogP contribution < -0.4 is 25.4 Å². The Kier molecular flexibility index (Phi) is 11.2. The molecule has 2 aromatic carbocycles. The standard InChI is InChI=1S/C30H36F3N7O4/c1-20(2)26(42)40-15-5-3-4-14-34-25(41)22-8-10-23(11-9-22)36-28-37-27(38-29(39-28)44-19-30(31,32)33)35-18-21-6-12-24(13-7-21)43-17-16-40/h6-13,20H,3-5,14-19H2,1-2H3,(H,34,41)(H2,35,36,37,38,39). The van der Waals surface area contributed by atoms with E-state index in [9.17, 15) is 22.8 Å². The number of nitrogens with zero attached hydrogens (tertiary/aromatic N) is 4. The molecule has 0 saturated heterocycles. The zero-order chi connectivity index (χ0) is 31.5. The van der Waals surface area contributed by atoms with E-state index in [0.29, 0.717) is 43.2 Å². The van der Waals surface area contributed by atoms with Crippen molar-refractivity contribution in [3.8, 4) is 11.8 Å². The number of alkyl halides is 3.